The Kier molecular flexibility index (Phi) is 3.72. The molecule has 0 radical (unpaired) electrons. The number of nitrogens with zero attached hydrogens (tertiary/aromatic N) is 7. The lowest BCUT2D eigenvalue weighted by atomic mass is 10.2. The van der Waals surface area contributed by atoms with Crippen LogP contribution in [0.5, 0.6) is 0 Å². The maximum absolute atomic E-state index is 9.39. The first-order chi connectivity index (χ1) is 9.78. The average molecular weight is 298 g/mol. The summed E-state index contributed by atoms with van der Waals surface area (Å²) >= 11 is 5.93. The van der Waals surface area contributed by atoms with Crippen molar-refractivity contribution in [2.45, 2.75) is 6.04 Å². The lowest BCUT2D eigenvalue weighted by Crippen LogP contribution is -2.48. The summed E-state index contributed by atoms with van der Waals surface area (Å²) in [6.45, 7) is 1.47. The first kappa shape index (κ1) is 13.2. The molecule has 1 aliphatic rings. The van der Waals surface area contributed by atoms with E-state index in [0.717, 1.165) is 0 Å². The van der Waals surface area contributed by atoms with Gasteiger partial charge in [0, 0.05) is 6.54 Å². The van der Waals surface area contributed by atoms with E-state index in [0.29, 0.717) is 25.7 Å². The smallest absolute Gasteiger partial charge is 0.258 e. The van der Waals surface area contributed by atoms with Crippen LogP contribution in [0, 0.1) is 0 Å². The summed E-state index contributed by atoms with van der Waals surface area (Å²) in [4.78, 5) is 18.1. The number of aliphatic hydroxyl groups excluding tert-OH is 1. The molecule has 1 unspecified atom stereocenters. The number of ether oxygens (including phenoxy) is 1. The van der Waals surface area contributed by atoms with Crippen LogP contribution in [0.3, 0.4) is 0 Å². The van der Waals surface area contributed by atoms with Crippen molar-refractivity contribution in [3.8, 4) is 5.95 Å². The van der Waals surface area contributed by atoms with Crippen LogP contribution < -0.4 is 4.90 Å². The molecule has 1 N–H and O–H groups in total. The topological polar surface area (TPSA) is 102 Å². The van der Waals surface area contributed by atoms with Crippen LogP contribution in [-0.4, -0.2) is 67.2 Å². The van der Waals surface area contributed by atoms with Gasteiger partial charge in [0.1, 0.15) is 12.7 Å². The fraction of sp³-hybridized carbons (Fsp3) is 0.500. The van der Waals surface area contributed by atoms with E-state index in [9.17, 15) is 5.11 Å². The SMILES string of the molecule is OCC1COCCN1c1nc(Cl)nc(-n2cncn2)n1. The maximum Gasteiger partial charge on any atom is 0.258 e. The molecule has 2 aromatic heterocycles. The number of morpholine rings is 1. The molecule has 1 aliphatic heterocycles. The highest BCUT2D eigenvalue weighted by Gasteiger charge is 2.25. The summed E-state index contributed by atoms with van der Waals surface area (Å²) in [7, 11) is 0. The Morgan fingerprint density at radius 1 is 1.35 bits per heavy atom. The molecule has 20 heavy (non-hydrogen) atoms. The van der Waals surface area contributed by atoms with Gasteiger partial charge in [0.05, 0.1) is 25.9 Å². The van der Waals surface area contributed by atoms with E-state index in [1.807, 2.05) is 4.90 Å². The summed E-state index contributed by atoms with van der Waals surface area (Å²) in [6, 6.07) is -0.203. The van der Waals surface area contributed by atoms with E-state index in [4.69, 9.17) is 16.3 Å². The first-order valence-electron chi connectivity index (χ1n) is 6.00. The Hall–Kier alpha value is -1.84. The van der Waals surface area contributed by atoms with Gasteiger partial charge in [-0.2, -0.15) is 24.7 Å². The molecule has 0 bridgehead atoms. The fourth-order valence-electron chi connectivity index (χ4n) is 1.94. The summed E-state index contributed by atoms with van der Waals surface area (Å²) < 4.78 is 6.72. The van der Waals surface area contributed by atoms with Crippen molar-refractivity contribution in [1.82, 2.24) is 29.7 Å². The molecule has 10 heteroatoms. The van der Waals surface area contributed by atoms with Gasteiger partial charge in [0.2, 0.25) is 11.2 Å². The molecule has 1 atom stereocenters. The molecule has 0 aromatic carbocycles. The lowest BCUT2D eigenvalue weighted by molar-refractivity contribution is 0.0718. The second-order valence-electron chi connectivity index (χ2n) is 4.15. The Balaban J connectivity index is 1.96. The van der Waals surface area contributed by atoms with Crippen LogP contribution in [0.2, 0.25) is 5.28 Å². The molecule has 3 rings (SSSR count). The van der Waals surface area contributed by atoms with E-state index in [1.165, 1.54) is 17.3 Å². The van der Waals surface area contributed by atoms with Gasteiger partial charge in [-0.1, -0.05) is 0 Å². The predicted octanol–water partition coefficient (Wildman–Crippen LogP) is -0.697. The zero-order valence-electron chi connectivity index (χ0n) is 10.4. The molecule has 0 saturated carbocycles. The Labute approximate surface area is 119 Å². The van der Waals surface area contributed by atoms with Crippen molar-refractivity contribution in [3.05, 3.63) is 17.9 Å². The molecular formula is C10H12ClN7O2. The van der Waals surface area contributed by atoms with E-state index in [-0.39, 0.29) is 23.9 Å². The third-order valence-electron chi connectivity index (χ3n) is 2.90. The predicted molar refractivity (Wildman–Crippen MR) is 68.8 cm³/mol. The second kappa shape index (κ2) is 5.65. The summed E-state index contributed by atoms with van der Waals surface area (Å²) in [5, 5.41) is 13.4. The number of hydrogen-bond donors (Lipinski definition) is 1. The van der Waals surface area contributed by atoms with E-state index in [2.05, 4.69) is 25.0 Å². The molecular weight excluding hydrogens is 286 g/mol. The quantitative estimate of drug-likeness (QED) is 0.794. The number of aliphatic hydroxyl groups is 1. The Morgan fingerprint density at radius 3 is 2.95 bits per heavy atom. The molecule has 106 valence electrons. The zero-order valence-corrected chi connectivity index (χ0v) is 11.2. The van der Waals surface area contributed by atoms with Crippen LogP contribution in [0.25, 0.3) is 5.95 Å². The molecule has 0 spiro atoms. The van der Waals surface area contributed by atoms with Gasteiger partial charge in [-0.15, -0.1) is 0 Å². The molecule has 1 fully saturated rings. The fourth-order valence-corrected chi connectivity index (χ4v) is 2.09. The van der Waals surface area contributed by atoms with Gasteiger partial charge in [-0.3, -0.25) is 0 Å². The third-order valence-corrected chi connectivity index (χ3v) is 3.07. The largest absolute Gasteiger partial charge is 0.394 e. The summed E-state index contributed by atoms with van der Waals surface area (Å²) in [5.74, 6) is 0.665. The maximum atomic E-state index is 9.39. The molecule has 0 aliphatic carbocycles. The van der Waals surface area contributed by atoms with Crippen LogP contribution in [0.4, 0.5) is 5.95 Å². The minimum Gasteiger partial charge on any atom is -0.394 e. The second-order valence-corrected chi connectivity index (χ2v) is 4.49. The third kappa shape index (κ3) is 2.55. The molecule has 3 heterocycles. The van der Waals surface area contributed by atoms with Crippen molar-refractivity contribution in [1.29, 1.82) is 0 Å². The van der Waals surface area contributed by atoms with Crippen molar-refractivity contribution < 1.29 is 9.84 Å². The summed E-state index contributed by atoms with van der Waals surface area (Å²) in [6.07, 6.45) is 2.85. The molecule has 2 aromatic rings. The van der Waals surface area contributed by atoms with Crippen molar-refractivity contribution in [3.63, 3.8) is 0 Å². The van der Waals surface area contributed by atoms with Gasteiger partial charge in [-0.05, 0) is 11.6 Å². The lowest BCUT2D eigenvalue weighted by Gasteiger charge is -2.34. The number of anilines is 1. The van der Waals surface area contributed by atoms with Gasteiger partial charge < -0.3 is 14.7 Å². The molecule has 1 saturated heterocycles. The van der Waals surface area contributed by atoms with Crippen molar-refractivity contribution in [2.24, 2.45) is 0 Å². The van der Waals surface area contributed by atoms with E-state index < -0.39 is 0 Å². The standard InChI is InChI=1S/C10H12ClN7O2/c11-8-14-9(17-1-2-20-4-7(17)3-19)16-10(15-8)18-6-12-5-13-18/h5-7,19H,1-4H2. The average Bonchev–Trinajstić information content (AvgIpc) is 3.01. The van der Waals surface area contributed by atoms with Gasteiger partial charge >= 0.3 is 0 Å². The minimum atomic E-state index is -0.203. The normalized spacial score (nSPS) is 19.3. The van der Waals surface area contributed by atoms with E-state index >= 15 is 0 Å². The van der Waals surface area contributed by atoms with Crippen LogP contribution in [0.15, 0.2) is 12.7 Å². The van der Waals surface area contributed by atoms with E-state index in [1.54, 1.807) is 0 Å². The Bertz CT molecular complexity index is 579. The van der Waals surface area contributed by atoms with Crippen molar-refractivity contribution in [2.75, 3.05) is 31.3 Å². The highest BCUT2D eigenvalue weighted by molar-refractivity contribution is 6.28. The van der Waals surface area contributed by atoms with Crippen LogP contribution in [0.1, 0.15) is 0 Å². The zero-order chi connectivity index (χ0) is 13.9. The van der Waals surface area contributed by atoms with Crippen LogP contribution >= 0.6 is 11.6 Å². The monoisotopic (exact) mass is 297 g/mol. The van der Waals surface area contributed by atoms with Crippen molar-refractivity contribution >= 4 is 17.5 Å². The summed E-state index contributed by atoms with van der Waals surface area (Å²) in [5.41, 5.74) is 0. The highest BCUT2D eigenvalue weighted by atomic mass is 35.5. The number of halogens is 1. The van der Waals surface area contributed by atoms with Gasteiger partial charge in [0.25, 0.3) is 5.95 Å². The number of hydrogen-bond acceptors (Lipinski definition) is 8. The number of aromatic nitrogens is 6. The van der Waals surface area contributed by atoms with Gasteiger partial charge in [-0.25, -0.2) is 4.98 Å². The number of rotatable bonds is 3. The minimum absolute atomic E-state index is 0.0536. The highest BCUT2D eigenvalue weighted by Crippen LogP contribution is 2.17. The molecule has 0 amide bonds. The first-order valence-corrected chi connectivity index (χ1v) is 6.37. The van der Waals surface area contributed by atoms with Crippen LogP contribution in [-0.2, 0) is 4.74 Å². The Morgan fingerprint density at radius 2 is 2.20 bits per heavy atom. The van der Waals surface area contributed by atoms with Gasteiger partial charge in [0.15, 0.2) is 0 Å². The molecule has 9 nitrogen and oxygen atoms in total.